The Bertz CT molecular complexity index is 1190. The number of rotatable bonds is 8. The molecule has 0 radical (unpaired) electrons. The van der Waals surface area contributed by atoms with Crippen LogP contribution in [0.5, 0.6) is 11.5 Å². The molecule has 2 fully saturated rings. The van der Waals surface area contributed by atoms with Crippen LogP contribution in [0, 0.1) is 35.2 Å². The molecular formula is C28H26F8O3. The molecule has 1 saturated heterocycles. The van der Waals surface area contributed by atoms with Crippen molar-refractivity contribution in [2.45, 2.75) is 50.7 Å². The van der Waals surface area contributed by atoms with Gasteiger partial charge in [-0.25, -0.2) is 13.2 Å². The van der Waals surface area contributed by atoms with Crippen LogP contribution >= 0.6 is 0 Å². The fraction of sp³-hybridized carbons (Fsp3) is 0.429. The zero-order valence-corrected chi connectivity index (χ0v) is 20.7. The molecule has 0 N–H and O–H groups in total. The number of alkyl halides is 2. The molecule has 39 heavy (non-hydrogen) atoms. The van der Waals surface area contributed by atoms with Crippen LogP contribution in [0.15, 0.2) is 55.1 Å². The van der Waals surface area contributed by atoms with Gasteiger partial charge in [-0.15, -0.1) is 6.58 Å². The second-order valence-corrected chi connectivity index (χ2v) is 9.77. The number of halogens is 8. The lowest BCUT2D eigenvalue weighted by Crippen LogP contribution is -2.40. The van der Waals surface area contributed by atoms with Crippen molar-refractivity contribution in [3.05, 3.63) is 72.5 Å². The van der Waals surface area contributed by atoms with E-state index in [0.717, 1.165) is 25.0 Å². The zero-order valence-electron chi connectivity index (χ0n) is 20.7. The molecule has 2 aliphatic rings. The standard InChI is InChI=1S/C28H26F8O3/c1-2-15-3-10-24(37-14-15)16-4-6-18(7-5-16)28(35,36)39-19-8-9-20(21(29)13-19)17-11-22(30)25(23(31)12-17)38-27(34)26(32)33/h2,8-9,11-13,15-16,18,24H,1,3-7,10,14H2. The van der Waals surface area contributed by atoms with Crippen LogP contribution in [-0.4, -0.2) is 18.8 Å². The highest BCUT2D eigenvalue weighted by Crippen LogP contribution is 2.43. The third-order valence-electron chi connectivity index (χ3n) is 7.30. The van der Waals surface area contributed by atoms with Crippen LogP contribution in [0.2, 0.25) is 0 Å². The van der Waals surface area contributed by atoms with Crippen molar-refractivity contribution < 1.29 is 49.3 Å². The first-order valence-corrected chi connectivity index (χ1v) is 12.5. The first-order chi connectivity index (χ1) is 18.5. The van der Waals surface area contributed by atoms with Gasteiger partial charge in [-0.05, 0) is 74.3 Å². The average Bonchev–Trinajstić information content (AvgIpc) is 2.90. The second-order valence-electron chi connectivity index (χ2n) is 9.77. The number of benzene rings is 2. The summed E-state index contributed by atoms with van der Waals surface area (Å²) >= 11 is 0. The van der Waals surface area contributed by atoms with E-state index in [4.69, 9.17) is 9.47 Å². The lowest BCUT2D eigenvalue weighted by Gasteiger charge is -2.38. The van der Waals surface area contributed by atoms with Gasteiger partial charge in [0.05, 0.1) is 18.6 Å². The van der Waals surface area contributed by atoms with E-state index < -0.39 is 64.2 Å². The molecule has 4 rings (SSSR count). The lowest BCUT2D eigenvalue weighted by atomic mass is 9.77. The predicted molar refractivity (Wildman–Crippen MR) is 126 cm³/mol. The molecular weight excluding hydrogens is 536 g/mol. The van der Waals surface area contributed by atoms with Gasteiger partial charge >= 0.3 is 18.2 Å². The summed E-state index contributed by atoms with van der Waals surface area (Å²) in [7, 11) is 0. The van der Waals surface area contributed by atoms with Crippen molar-refractivity contribution in [3.8, 4) is 22.6 Å². The fourth-order valence-corrected chi connectivity index (χ4v) is 5.15. The highest BCUT2D eigenvalue weighted by molar-refractivity contribution is 5.66. The smallest absolute Gasteiger partial charge is 0.400 e. The summed E-state index contributed by atoms with van der Waals surface area (Å²) < 4.78 is 125. The molecule has 2 unspecified atom stereocenters. The minimum absolute atomic E-state index is 0.0361. The molecule has 212 valence electrons. The van der Waals surface area contributed by atoms with E-state index in [2.05, 4.69) is 11.3 Å². The topological polar surface area (TPSA) is 27.7 Å². The van der Waals surface area contributed by atoms with Gasteiger partial charge in [0.2, 0.25) is 5.75 Å². The van der Waals surface area contributed by atoms with Crippen LogP contribution in [0.1, 0.15) is 38.5 Å². The van der Waals surface area contributed by atoms with Crippen molar-refractivity contribution in [1.29, 1.82) is 0 Å². The van der Waals surface area contributed by atoms with Crippen LogP contribution in [0.25, 0.3) is 11.1 Å². The van der Waals surface area contributed by atoms with E-state index in [1.165, 1.54) is 0 Å². The molecule has 0 spiro atoms. The van der Waals surface area contributed by atoms with E-state index in [1.54, 1.807) is 0 Å². The second kappa shape index (κ2) is 12.0. The van der Waals surface area contributed by atoms with Crippen LogP contribution < -0.4 is 9.47 Å². The number of hydrogen-bond acceptors (Lipinski definition) is 3. The summed E-state index contributed by atoms with van der Waals surface area (Å²) in [6.45, 7) is 4.36. The van der Waals surface area contributed by atoms with E-state index >= 15 is 0 Å². The molecule has 11 heteroatoms. The molecule has 3 nitrogen and oxygen atoms in total. The average molecular weight is 562 g/mol. The Morgan fingerprint density at radius 2 is 1.56 bits per heavy atom. The summed E-state index contributed by atoms with van der Waals surface area (Å²) in [6, 6.07) is 1.22. The maximum Gasteiger partial charge on any atom is 0.400 e. The monoisotopic (exact) mass is 562 g/mol. The van der Waals surface area contributed by atoms with E-state index in [1.807, 2.05) is 6.08 Å². The summed E-state index contributed by atoms with van der Waals surface area (Å²) in [4.78, 5) is 0. The highest BCUT2D eigenvalue weighted by Gasteiger charge is 2.45. The molecule has 1 aliphatic heterocycles. The number of ether oxygens (including phenoxy) is 3. The minimum Gasteiger partial charge on any atom is -0.432 e. The molecule has 1 saturated carbocycles. The SMILES string of the molecule is C=CC1CCC(C2CCC(C(F)(F)Oc3ccc(-c4cc(F)c(OC(F)=C(F)F)c(F)c4)c(F)c3)CC2)OC1. The molecule has 0 amide bonds. The van der Waals surface area contributed by atoms with Gasteiger partial charge in [0.25, 0.3) is 0 Å². The van der Waals surface area contributed by atoms with E-state index in [0.29, 0.717) is 43.6 Å². The van der Waals surface area contributed by atoms with E-state index in [9.17, 15) is 35.1 Å². The lowest BCUT2D eigenvalue weighted by molar-refractivity contribution is -0.225. The highest BCUT2D eigenvalue weighted by atomic mass is 19.3. The molecule has 2 atom stereocenters. The Morgan fingerprint density at radius 3 is 2.10 bits per heavy atom. The van der Waals surface area contributed by atoms with Crippen molar-refractivity contribution in [2.24, 2.45) is 17.8 Å². The molecule has 1 aliphatic carbocycles. The van der Waals surface area contributed by atoms with Gasteiger partial charge in [-0.2, -0.15) is 22.0 Å². The zero-order chi connectivity index (χ0) is 28.3. The van der Waals surface area contributed by atoms with Crippen molar-refractivity contribution >= 4 is 0 Å². The summed E-state index contributed by atoms with van der Waals surface area (Å²) in [5, 5.41) is 0. The molecule has 0 aromatic heterocycles. The quantitative estimate of drug-likeness (QED) is 0.183. The Hall–Kier alpha value is -3.08. The van der Waals surface area contributed by atoms with Crippen molar-refractivity contribution in [2.75, 3.05) is 6.61 Å². The maximum atomic E-state index is 14.9. The number of hydrogen-bond donors (Lipinski definition) is 0. The molecule has 2 aromatic rings. The van der Waals surface area contributed by atoms with Gasteiger partial charge < -0.3 is 14.2 Å². The maximum absolute atomic E-state index is 14.9. The summed E-state index contributed by atoms with van der Waals surface area (Å²) in [5.74, 6) is -6.82. The van der Waals surface area contributed by atoms with Gasteiger partial charge in [0.15, 0.2) is 11.6 Å². The van der Waals surface area contributed by atoms with E-state index in [-0.39, 0.29) is 24.9 Å². The Labute approximate surface area is 220 Å². The Balaban J connectivity index is 1.40. The normalized spacial score (nSPS) is 23.7. The molecule has 2 aromatic carbocycles. The Kier molecular flexibility index (Phi) is 8.88. The fourth-order valence-electron chi connectivity index (χ4n) is 5.15. The van der Waals surface area contributed by atoms with Gasteiger partial charge in [-0.1, -0.05) is 6.08 Å². The van der Waals surface area contributed by atoms with Crippen molar-refractivity contribution in [1.82, 2.24) is 0 Å². The third kappa shape index (κ3) is 6.74. The van der Waals surface area contributed by atoms with Gasteiger partial charge in [0.1, 0.15) is 11.6 Å². The summed E-state index contributed by atoms with van der Waals surface area (Å²) in [5.41, 5.74) is -0.796. The van der Waals surface area contributed by atoms with Crippen LogP contribution in [0.3, 0.4) is 0 Å². The predicted octanol–water partition coefficient (Wildman–Crippen LogP) is 8.94. The molecule has 0 bridgehead atoms. The van der Waals surface area contributed by atoms with Gasteiger partial charge in [0, 0.05) is 17.5 Å². The Morgan fingerprint density at radius 1 is 0.897 bits per heavy atom. The first kappa shape index (κ1) is 28.9. The summed E-state index contributed by atoms with van der Waals surface area (Å²) in [6.07, 6.45) is -1.28. The molecule has 1 heterocycles. The largest absolute Gasteiger partial charge is 0.432 e. The van der Waals surface area contributed by atoms with Gasteiger partial charge in [-0.3, -0.25) is 0 Å². The van der Waals surface area contributed by atoms with Crippen LogP contribution in [0.4, 0.5) is 35.1 Å². The third-order valence-corrected chi connectivity index (χ3v) is 7.30. The first-order valence-electron chi connectivity index (χ1n) is 12.5. The van der Waals surface area contributed by atoms with Crippen molar-refractivity contribution in [3.63, 3.8) is 0 Å². The van der Waals surface area contributed by atoms with Crippen LogP contribution in [-0.2, 0) is 4.74 Å². The minimum atomic E-state index is -3.58.